The summed E-state index contributed by atoms with van der Waals surface area (Å²) in [5.74, 6) is -0.342. The smallest absolute Gasteiger partial charge is 0.337 e. The molecule has 3 rings (SSSR count). The summed E-state index contributed by atoms with van der Waals surface area (Å²) in [4.78, 5) is 17.6. The molecule has 1 N–H and O–H groups in total. The van der Waals surface area contributed by atoms with E-state index in [0.29, 0.717) is 11.9 Å². The highest BCUT2D eigenvalue weighted by atomic mass is 35.5. The SMILES string of the molecule is O=C(O)c1cc(N(Cc2ccsc2)C2CC2)ncc1Cl. The van der Waals surface area contributed by atoms with Gasteiger partial charge in [0, 0.05) is 18.8 Å². The van der Waals surface area contributed by atoms with Gasteiger partial charge in [0.25, 0.3) is 0 Å². The summed E-state index contributed by atoms with van der Waals surface area (Å²) in [6.45, 7) is 0.752. The molecule has 2 heterocycles. The third kappa shape index (κ3) is 2.78. The first-order valence-electron chi connectivity index (χ1n) is 6.31. The summed E-state index contributed by atoms with van der Waals surface area (Å²) < 4.78 is 0. The summed E-state index contributed by atoms with van der Waals surface area (Å²) >= 11 is 7.53. The molecule has 2 aromatic rings. The van der Waals surface area contributed by atoms with Gasteiger partial charge in [0.05, 0.1) is 10.6 Å². The largest absolute Gasteiger partial charge is 0.478 e. The van der Waals surface area contributed by atoms with Crippen LogP contribution in [-0.2, 0) is 6.54 Å². The molecular formula is C14H13ClN2O2S. The number of rotatable bonds is 5. The van der Waals surface area contributed by atoms with Crippen LogP contribution < -0.4 is 4.90 Å². The third-order valence-electron chi connectivity index (χ3n) is 3.29. The van der Waals surface area contributed by atoms with Gasteiger partial charge >= 0.3 is 5.97 Å². The molecule has 1 aliphatic rings. The van der Waals surface area contributed by atoms with Crippen LogP contribution in [0.15, 0.2) is 29.1 Å². The lowest BCUT2D eigenvalue weighted by atomic mass is 10.2. The van der Waals surface area contributed by atoms with Gasteiger partial charge in [0.2, 0.25) is 0 Å². The summed E-state index contributed by atoms with van der Waals surface area (Å²) in [5.41, 5.74) is 1.32. The summed E-state index contributed by atoms with van der Waals surface area (Å²) in [6.07, 6.45) is 3.66. The Morgan fingerprint density at radius 1 is 1.55 bits per heavy atom. The Morgan fingerprint density at radius 2 is 2.35 bits per heavy atom. The van der Waals surface area contributed by atoms with Crippen molar-refractivity contribution >= 4 is 34.7 Å². The van der Waals surface area contributed by atoms with E-state index in [1.165, 1.54) is 11.8 Å². The van der Waals surface area contributed by atoms with E-state index in [1.54, 1.807) is 17.4 Å². The quantitative estimate of drug-likeness (QED) is 0.915. The molecule has 0 saturated heterocycles. The van der Waals surface area contributed by atoms with E-state index < -0.39 is 5.97 Å². The number of aromatic carboxylic acids is 1. The van der Waals surface area contributed by atoms with Gasteiger partial charge in [-0.3, -0.25) is 0 Å². The zero-order chi connectivity index (χ0) is 14.1. The molecule has 1 aliphatic carbocycles. The Labute approximate surface area is 125 Å². The average molecular weight is 309 g/mol. The minimum absolute atomic E-state index is 0.104. The average Bonchev–Trinajstić information content (AvgIpc) is 3.14. The fourth-order valence-corrected chi connectivity index (χ4v) is 2.96. The maximum absolute atomic E-state index is 11.2. The lowest BCUT2D eigenvalue weighted by Crippen LogP contribution is -2.26. The highest BCUT2D eigenvalue weighted by molar-refractivity contribution is 7.07. The van der Waals surface area contributed by atoms with Gasteiger partial charge in [0.15, 0.2) is 0 Å². The summed E-state index contributed by atoms with van der Waals surface area (Å²) in [6, 6.07) is 4.09. The number of carboxylic acids is 1. The number of carbonyl (C=O) groups is 1. The Morgan fingerprint density at radius 3 is 2.95 bits per heavy atom. The second-order valence-electron chi connectivity index (χ2n) is 4.82. The molecule has 0 atom stereocenters. The fraction of sp³-hybridized carbons (Fsp3) is 0.286. The maximum Gasteiger partial charge on any atom is 0.337 e. The van der Waals surface area contributed by atoms with Crippen molar-refractivity contribution in [3.8, 4) is 0 Å². The maximum atomic E-state index is 11.2. The second-order valence-corrected chi connectivity index (χ2v) is 6.01. The molecule has 2 aromatic heterocycles. The third-order valence-corrected chi connectivity index (χ3v) is 4.32. The fourth-order valence-electron chi connectivity index (χ4n) is 2.11. The van der Waals surface area contributed by atoms with Crippen molar-refractivity contribution in [1.29, 1.82) is 0 Å². The van der Waals surface area contributed by atoms with E-state index in [4.69, 9.17) is 16.7 Å². The molecule has 0 aliphatic heterocycles. The number of carboxylic acid groups (broad SMARTS) is 1. The molecule has 0 radical (unpaired) electrons. The molecule has 1 fully saturated rings. The van der Waals surface area contributed by atoms with Gasteiger partial charge < -0.3 is 10.0 Å². The van der Waals surface area contributed by atoms with Crippen LogP contribution >= 0.6 is 22.9 Å². The number of aromatic nitrogens is 1. The van der Waals surface area contributed by atoms with Crippen molar-refractivity contribution in [2.24, 2.45) is 0 Å². The van der Waals surface area contributed by atoms with Gasteiger partial charge in [-0.1, -0.05) is 11.6 Å². The topological polar surface area (TPSA) is 53.4 Å². The number of thiophene rings is 1. The van der Waals surface area contributed by atoms with E-state index in [2.05, 4.69) is 21.3 Å². The van der Waals surface area contributed by atoms with E-state index in [-0.39, 0.29) is 10.6 Å². The first-order valence-corrected chi connectivity index (χ1v) is 7.64. The van der Waals surface area contributed by atoms with Crippen LogP contribution in [0.1, 0.15) is 28.8 Å². The molecule has 4 nitrogen and oxygen atoms in total. The highest BCUT2D eigenvalue weighted by Crippen LogP contribution is 2.33. The molecule has 1 saturated carbocycles. The first kappa shape index (κ1) is 13.4. The van der Waals surface area contributed by atoms with Crippen LogP contribution in [0.3, 0.4) is 0 Å². The van der Waals surface area contributed by atoms with Gasteiger partial charge in [-0.05, 0) is 41.3 Å². The second kappa shape index (κ2) is 5.42. The molecule has 0 aromatic carbocycles. The van der Waals surface area contributed by atoms with E-state index in [0.717, 1.165) is 19.4 Å². The minimum Gasteiger partial charge on any atom is -0.478 e. The van der Waals surface area contributed by atoms with Crippen molar-refractivity contribution in [2.75, 3.05) is 4.90 Å². The monoisotopic (exact) mass is 308 g/mol. The van der Waals surface area contributed by atoms with Crippen molar-refractivity contribution < 1.29 is 9.90 Å². The van der Waals surface area contributed by atoms with Crippen molar-refractivity contribution in [1.82, 2.24) is 4.98 Å². The molecular weight excluding hydrogens is 296 g/mol. The lowest BCUT2D eigenvalue weighted by Gasteiger charge is -2.23. The van der Waals surface area contributed by atoms with E-state index in [1.807, 2.05) is 5.38 Å². The Bertz CT molecular complexity index is 626. The number of pyridine rings is 1. The predicted octanol–water partition coefficient (Wildman–Crippen LogP) is 3.66. The molecule has 0 spiro atoms. The van der Waals surface area contributed by atoms with Crippen LogP contribution in [-0.4, -0.2) is 22.1 Å². The van der Waals surface area contributed by atoms with Crippen LogP contribution in [0, 0.1) is 0 Å². The standard InChI is InChI=1S/C14H13ClN2O2S/c15-12-6-16-13(5-11(12)14(18)19)17(10-1-2-10)7-9-3-4-20-8-9/h3-6,8,10H,1-2,7H2,(H,18,19). The Kier molecular flexibility index (Phi) is 3.63. The Hall–Kier alpha value is -1.59. The van der Waals surface area contributed by atoms with Crippen LogP contribution in [0.5, 0.6) is 0 Å². The number of anilines is 1. The molecule has 0 amide bonds. The Balaban J connectivity index is 1.91. The molecule has 20 heavy (non-hydrogen) atoms. The van der Waals surface area contributed by atoms with Crippen LogP contribution in [0.25, 0.3) is 0 Å². The zero-order valence-corrected chi connectivity index (χ0v) is 12.2. The number of hydrogen-bond acceptors (Lipinski definition) is 4. The highest BCUT2D eigenvalue weighted by Gasteiger charge is 2.30. The molecule has 6 heteroatoms. The molecule has 0 bridgehead atoms. The normalized spacial score (nSPS) is 14.2. The summed E-state index contributed by atoms with van der Waals surface area (Å²) in [5, 5.41) is 13.5. The minimum atomic E-state index is -1.02. The van der Waals surface area contributed by atoms with Gasteiger partial charge in [-0.25, -0.2) is 9.78 Å². The van der Waals surface area contributed by atoms with Crippen LogP contribution in [0.4, 0.5) is 5.82 Å². The van der Waals surface area contributed by atoms with Crippen molar-refractivity contribution in [3.05, 3.63) is 45.2 Å². The van der Waals surface area contributed by atoms with E-state index >= 15 is 0 Å². The first-order chi connectivity index (χ1) is 9.65. The van der Waals surface area contributed by atoms with Gasteiger partial charge in [-0.15, -0.1) is 0 Å². The molecule has 0 unspecified atom stereocenters. The van der Waals surface area contributed by atoms with Crippen molar-refractivity contribution in [2.45, 2.75) is 25.4 Å². The zero-order valence-electron chi connectivity index (χ0n) is 10.6. The molecule has 104 valence electrons. The number of nitrogens with zero attached hydrogens (tertiary/aromatic N) is 2. The lowest BCUT2D eigenvalue weighted by molar-refractivity contribution is 0.0697. The predicted molar refractivity (Wildman–Crippen MR) is 79.7 cm³/mol. The number of hydrogen-bond donors (Lipinski definition) is 1. The van der Waals surface area contributed by atoms with Gasteiger partial charge in [0.1, 0.15) is 5.82 Å². The summed E-state index contributed by atoms with van der Waals surface area (Å²) in [7, 11) is 0. The van der Waals surface area contributed by atoms with Crippen molar-refractivity contribution in [3.63, 3.8) is 0 Å². The van der Waals surface area contributed by atoms with Crippen LogP contribution in [0.2, 0.25) is 5.02 Å². The van der Waals surface area contributed by atoms with Gasteiger partial charge in [-0.2, -0.15) is 11.3 Å². The van der Waals surface area contributed by atoms with E-state index in [9.17, 15) is 4.79 Å². The number of halogens is 1.